The first-order chi connectivity index (χ1) is 11.6. The van der Waals surface area contributed by atoms with Gasteiger partial charge in [-0.3, -0.25) is 0 Å². The van der Waals surface area contributed by atoms with Crippen LogP contribution in [0.25, 0.3) is 0 Å². The minimum atomic E-state index is -4.16. The van der Waals surface area contributed by atoms with Gasteiger partial charge in [-0.2, -0.15) is 13.2 Å². The van der Waals surface area contributed by atoms with E-state index in [0.717, 1.165) is 30.0 Å². The van der Waals surface area contributed by atoms with Gasteiger partial charge >= 0.3 is 12.2 Å². The van der Waals surface area contributed by atoms with Gasteiger partial charge in [0.15, 0.2) is 0 Å². The number of alkyl halides is 3. The van der Waals surface area contributed by atoms with Gasteiger partial charge in [-0.05, 0) is 37.5 Å². The Hall–Kier alpha value is -1.31. The summed E-state index contributed by atoms with van der Waals surface area (Å²) in [7, 11) is 0. The van der Waals surface area contributed by atoms with Gasteiger partial charge in [0, 0.05) is 18.0 Å². The number of nitrogens with one attached hydrogen (secondary N) is 1. The SMILES string of the molecule is CC1(C)CCc2nc(CNC(=O)N3CCC(C(F)(F)F)CC3)sc2C1. The molecule has 3 rings (SSSR count). The van der Waals surface area contributed by atoms with Crippen LogP contribution in [0.15, 0.2) is 0 Å². The van der Waals surface area contributed by atoms with E-state index in [4.69, 9.17) is 0 Å². The molecule has 1 aromatic rings. The molecule has 0 saturated carbocycles. The molecule has 25 heavy (non-hydrogen) atoms. The number of aromatic nitrogens is 1. The van der Waals surface area contributed by atoms with E-state index >= 15 is 0 Å². The highest BCUT2D eigenvalue weighted by Gasteiger charge is 2.41. The zero-order valence-electron chi connectivity index (χ0n) is 14.6. The van der Waals surface area contributed by atoms with Crippen molar-refractivity contribution in [2.24, 2.45) is 11.3 Å². The molecule has 1 aliphatic carbocycles. The van der Waals surface area contributed by atoms with Crippen molar-refractivity contribution in [2.45, 2.75) is 58.7 Å². The molecule has 0 atom stereocenters. The number of halogens is 3. The summed E-state index contributed by atoms with van der Waals surface area (Å²) in [6.45, 7) is 5.15. The molecule has 0 aromatic carbocycles. The third-order valence-electron chi connectivity index (χ3n) is 5.14. The summed E-state index contributed by atoms with van der Waals surface area (Å²) in [6, 6.07) is -0.297. The summed E-state index contributed by atoms with van der Waals surface area (Å²) < 4.78 is 38.0. The van der Waals surface area contributed by atoms with Crippen LogP contribution in [0.4, 0.5) is 18.0 Å². The number of hydrogen-bond donors (Lipinski definition) is 1. The first-order valence-electron chi connectivity index (χ1n) is 8.71. The van der Waals surface area contributed by atoms with E-state index in [-0.39, 0.29) is 32.0 Å². The largest absolute Gasteiger partial charge is 0.391 e. The van der Waals surface area contributed by atoms with E-state index < -0.39 is 12.1 Å². The van der Waals surface area contributed by atoms with Crippen molar-refractivity contribution >= 4 is 17.4 Å². The maximum atomic E-state index is 12.7. The normalized spacial score (nSPS) is 21.1. The average Bonchev–Trinajstić information content (AvgIpc) is 2.92. The minimum absolute atomic E-state index is 0.0163. The highest BCUT2D eigenvalue weighted by molar-refractivity contribution is 7.11. The molecule has 1 fully saturated rings. The van der Waals surface area contributed by atoms with Crippen LogP contribution in [0, 0.1) is 11.3 Å². The predicted octanol–water partition coefficient (Wildman–Crippen LogP) is 4.14. The lowest BCUT2D eigenvalue weighted by Gasteiger charge is -2.32. The Kier molecular flexibility index (Phi) is 5.01. The van der Waals surface area contributed by atoms with Gasteiger partial charge < -0.3 is 10.2 Å². The van der Waals surface area contributed by atoms with Crippen LogP contribution >= 0.6 is 11.3 Å². The quantitative estimate of drug-likeness (QED) is 0.844. The number of aryl methyl sites for hydroxylation is 1. The number of urea groups is 1. The molecule has 1 aromatic heterocycles. The van der Waals surface area contributed by atoms with Gasteiger partial charge in [-0.25, -0.2) is 9.78 Å². The van der Waals surface area contributed by atoms with E-state index in [1.165, 1.54) is 9.78 Å². The molecule has 1 saturated heterocycles. The summed E-state index contributed by atoms with van der Waals surface area (Å²) >= 11 is 1.64. The van der Waals surface area contributed by atoms with E-state index in [2.05, 4.69) is 24.1 Å². The lowest BCUT2D eigenvalue weighted by Crippen LogP contribution is -2.46. The predicted molar refractivity (Wildman–Crippen MR) is 90.5 cm³/mol. The van der Waals surface area contributed by atoms with E-state index in [9.17, 15) is 18.0 Å². The average molecular weight is 375 g/mol. The van der Waals surface area contributed by atoms with E-state index in [1.807, 2.05) is 0 Å². The number of piperidine rings is 1. The second-order valence-corrected chi connectivity index (χ2v) is 8.95. The van der Waals surface area contributed by atoms with Crippen molar-refractivity contribution < 1.29 is 18.0 Å². The number of likely N-dealkylation sites (tertiary alicyclic amines) is 1. The van der Waals surface area contributed by atoms with Crippen molar-refractivity contribution in [3.8, 4) is 0 Å². The summed E-state index contributed by atoms with van der Waals surface area (Å²) in [6.07, 6.45) is -1.09. The highest BCUT2D eigenvalue weighted by Crippen LogP contribution is 2.37. The Morgan fingerprint density at radius 3 is 2.68 bits per heavy atom. The number of fused-ring (bicyclic) bond motifs is 1. The second-order valence-electron chi connectivity index (χ2n) is 7.78. The third kappa shape index (κ3) is 4.46. The number of amides is 2. The summed E-state index contributed by atoms with van der Waals surface area (Å²) in [5, 5.41) is 3.68. The second kappa shape index (κ2) is 6.78. The molecule has 0 spiro atoms. The molecule has 1 N–H and O–H groups in total. The van der Waals surface area contributed by atoms with Gasteiger partial charge in [0.2, 0.25) is 0 Å². The lowest BCUT2D eigenvalue weighted by molar-refractivity contribution is -0.183. The van der Waals surface area contributed by atoms with Crippen molar-refractivity contribution in [1.82, 2.24) is 15.2 Å². The molecule has 2 aliphatic rings. The Morgan fingerprint density at radius 2 is 2.04 bits per heavy atom. The molecule has 8 heteroatoms. The molecule has 2 heterocycles. The van der Waals surface area contributed by atoms with E-state index in [1.54, 1.807) is 11.3 Å². The molecule has 0 radical (unpaired) electrons. The first kappa shape index (κ1) is 18.5. The molecule has 0 unspecified atom stereocenters. The Morgan fingerprint density at radius 1 is 1.36 bits per heavy atom. The van der Waals surface area contributed by atoms with Crippen molar-refractivity contribution in [2.75, 3.05) is 13.1 Å². The number of nitrogens with zero attached hydrogens (tertiary/aromatic N) is 2. The Bertz CT molecular complexity index is 634. The number of hydrogen-bond acceptors (Lipinski definition) is 3. The Balaban J connectivity index is 1.50. The topological polar surface area (TPSA) is 45.2 Å². The number of rotatable bonds is 2. The maximum absolute atomic E-state index is 12.7. The number of carbonyl (C=O) groups is 1. The zero-order valence-corrected chi connectivity index (χ0v) is 15.4. The third-order valence-corrected chi connectivity index (χ3v) is 6.23. The van der Waals surface area contributed by atoms with Gasteiger partial charge in [-0.15, -0.1) is 11.3 Å². The molecule has 1 aliphatic heterocycles. The molecule has 2 amide bonds. The van der Waals surface area contributed by atoms with Crippen molar-refractivity contribution in [1.29, 1.82) is 0 Å². The molecule has 140 valence electrons. The van der Waals surface area contributed by atoms with Crippen LogP contribution in [0.3, 0.4) is 0 Å². The number of thiazole rings is 1. The van der Waals surface area contributed by atoms with Gasteiger partial charge in [0.05, 0.1) is 18.2 Å². The summed E-state index contributed by atoms with van der Waals surface area (Å²) in [4.78, 5) is 19.6. The maximum Gasteiger partial charge on any atom is 0.391 e. The van der Waals surface area contributed by atoms with Crippen LogP contribution in [-0.4, -0.2) is 35.2 Å². The molecule has 4 nitrogen and oxygen atoms in total. The van der Waals surface area contributed by atoms with Gasteiger partial charge in [0.25, 0.3) is 0 Å². The Labute approximate surface area is 149 Å². The fraction of sp³-hybridized carbons (Fsp3) is 0.765. The molecule has 0 bridgehead atoms. The molecular weight excluding hydrogens is 351 g/mol. The van der Waals surface area contributed by atoms with Crippen molar-refractivity contribution in [3.63, 3.8) is 0 Å². The van der Waals surface area contributed by atoms with Crippen LogP contribution in [0.2, 0.25) is 0 Å². The summed E-state index contributed by atoms with van der Waals surface area (Å²) in [5.41, 5.74) is 1.43. The zero-order chi connectivity index (χ0) is 18.2. The lowest BCUT2D eigenvalue weighted by atomic mass is 9.79. The number of carbonyl (C=O) groups excluding carboxylic acids is 1. The fourth-order valence-electron chi connectivity index (χ4n) is 3.50. The van der Waals surface area contributed by atoms with Gasteiger partial charge in [0.1, 0.15) is 5.01 Å². The standard InChI is InChI=1S/C17H24F3N3OS/c1-16(2)6-3-12-13(9-16)25-14(22-12)10-21-15(24)23-7-4-11(5-8-23)17(18,19)20/h11H,3-10H2,1-2H3,(H,21,24). The highest BCUT2D eigenvalue weighted by atomic mass is 32.1. The van der Waals surface area contributed by atoms with Crippen LogP contribution < -0.4 is 5.32 Å². The summed E-state index contributed by atoms with van der Waals surface area (Å²) in [5.74, 6) is -1.29. The minimum Gasteiger partial charge on any atom is -0.331 e. The van der Waals surface area contributed by atoms with Crippen LogP contribution in [0.5, 0.6) is 0 Å². The molecular formula is C17H24F3N3OS. The smallest absolute Gasteiger partial charge is 0.331 e. The van der Waals surface area contributed by atoms with E-state index in [0.29, 0.717) is 12.0 Å². The van der Waals surface area contributed by atoms with Crippen molar-refractivity contribution in [3.05, 3.63) is 15.6 Å². The fourth-order valence-corrected chi connectivity index (χ4v) is 4.81. The van der Waals surface area contributed by atoms with Crippen LogP contribution in [0.1, 0.15) is 48.7 Å². The van der Waals surface area contributed by atoms with Crippen LogP contribution in [-0.2, 0) is 19.4 Å². The first-order valence-corrected chi connectivity index (χ1v) is 9.53. The monoisotopic (exact) mass is 375 g/mol. The van der Waals surface area contributed by atoms with Gasteiger partial charge in [-0.1, -0.05) is 13.8 Å².